The minimum atomic E-state index is -3.64. The zero-order chi connectivity index (χ0) is 14.9. The lowest BCUT2D eigenvalue weighted by atomic mass is 10.1. The quantitative estimate of drug-likeness (QED) is 0.854. The van der Waals surface area contributed by atoms with Gasteiger partial charge in [0.05, 0.1) is 16.3 Å². The Morgan fingerprint density at radius 3 is 2.10 bits per heavy atom. The Hall–Kier alpha value is -2.01. The van der Waals surface area contributed by atoms with Crippen LogP contribution >= 0.6 is 0 Å². The van der Waals surface area contributed by atoms with E-state index < -0.39 is 10.0 Å². The van der Waals surface area contributed by atoms with E-state index in [-0.39, 0.29) is 0 Å². The van der Waals surface area contributed by atoms with E-state index in [9.17, 15) is 8.42 Å². The van der Waals surface area contributed by atoms with Gasteiger partial charge in [0.2, 0.25) is 0 Å². The highest BCUT2D eigenvalue weighted by atomic mass is 32.2. The molecule has 0 radical (unpaired) electrons. The number of sulfonamides is 1. The number of aryl methyl sites for hydroxylation is 3. The first-order valence-corrected chi connectivity index (χ1v) is 7.75. The van der Waals surface area contributed by atoms with Crippen LogP contribution in [0.5, 0.6) is 0 Å². The number of para-hydroxylation sites is 2. The van der Waals surface area contributed by atoms with Crippen molar-refractivity contribution in [1.82, 2.24) is 0 Å². The van der Waals surface area contributed by atoms with Gasteiger partial charge in [-0.2, -0.15) is 0 Å². The summed E-state index contributed by atoms with van der Waals surface area (Å²) in [5.41, 5.74) is 9.07. The standard InChI is InChI=1S/C15H18N2O2S/c1-10-8-11(2)15(12(3)9-10)20(18,19)17-14-7-5-4-6-13(14)16/h4-9,17H,16H2,1-3H3. The Morgan fingerprint density at radius 2 is 1.55 bits per heavy atom. The molecule has 0 heterocycles. The minimum absolute atomic E-state index is 0.311. The predicted molar refractivity (Wildman–Crippen MR) is 82.3 cm³/mol. The van der Waals surface area contributed by atoms with E-state index in [1.807, 2.05) is 19.1 Å². The van der Waals surface area contributed by atoms with Crippen molar-refractivity contribution < 1.29 is 8.42 Å². The number of anilines is 2. The van der Waals surface area contributed by atoms with Gasteiger partial charge in [-0.05, 0) is 44.0 Å². The van der Waals surface area contributed by atoms with E-state index >= 15 is 0 Å². The van der Waals surface area contributed by atoms with Crippen LogP contribution in [-0.4, -0.2) is 8.42 Å². The van der Waals surface area contributed by atoms with E-state index in [1.165, 1.54) is 0 Å². The summed E-state index contributed by atoms with van der Waals surface area (Å²) in [6.45, 7) is 5.53. The third-order valence-electron chi connectivity index (χ3n) is 3.08. The third-order valence-corrected chi connectivity index (χ3v) is 4.75. The van der Waals surface area contributed by atoms with Gasteiger partial charge in [0.25, 0.3) is 10.0 Å². The first-order chi connectivity index (χ1) is 9.31. The van der Waals surface area contributed by atoms with Gasteiger partial charge in [0.15, 0.2) is 0 Å². The van der Waals surface area contributed by atoms with Gasteiger partial charge >= 0.3 is 0 Å². The zero-order valence-electron chi connectivity index (χ0n) is 11.8. The number of nitrogens with one attached hydrogen (secondary N) is 1. The molecule has 0 aliphatic heterocycles. The fourth-order valence-corrected chi connectivity index (χ4v) is 3.92. The van der Waals surface area contributed by atoms with Crippen LogP contribution < -0.4 is 10.5 Å². The summed E-state index contributed by atoms with van der Waals surface area (Å²) in [5.74, 6) is 0. The van der Waals surface area contributed by atoms with Gasteiger partial charge in [-0.15, -0.1) is 0 Å². The van der Waals surface area contributed by atoms with Gasteiger partial charge in [-0.1, -0.05) is 29.8 Å². The normalized spacial score (nSPS) is 11.3. The summed E-state index contributed by atoms with van der Waals surface area (Å²) in [6.07, 6.45) is 0. The van der Waals surface area contributed by atoms with Gasteiger partial charge in [-0.3, -0.25) is 4.72 Å². The molecule has 0 saturated carbocycles. The number of nitrogens with two attached hydrogens (primary N) is 1. The monoisotopic (exact) mass is 290 g/mol. The lowest BCUT2D eigenvalue weighted by Crippen LogP contribution is -2.16. The van der Waals surface area contributed by atoms with Crippen LogP contribution in [0, 0.1) is 20.8 Å². The Kier molecular flexibility index (Phi) is 3.72. The molecule has 0 amide bonds. The van der Waals surface area contributed by atoms with Crippen LogP contribution in [0.3, 0.4) is 0 Å². The van der Waals surface area contributed by atoms with Gasteiger partial charge in [0.1, 0.15) is 0 Å². The summed E-state index contributed by atoms with van der Waals surface area (Å²) in [5, 5.41) is 0. The highest BCUT2D eigenvalue weighted by Crippen LogP contribution is 2.26. The van der Waals surface area contributed by atoms with Gasteiger partial charge < -0.3 is 5.73 Å². The van der Waals surface area contributed by atoms with Crippen LogP contribution in [-0.2, 0) is 10.0 Å². The molecule has 2 aromatic carbocycles. The minimum Gasteiger partial charge on any atom is -0.397 e. The van der Waals surface area contributed by atoms with Crippen molar-refractivity contribution >= 4 is 21.4 Å². The molecule has 20 heavy (non-hydrogen) atoms. The molecule has 0 aliphatic carbocycles. The predicted octanol–water partition coefficient (Wildman–Crippen LogP) is 2.99. The number of rotatable bonds is 3. The van der Waals surface area contributed by atoms with Gasteiger partial charge in [0, 0.05) is 0 Å². The van der Waals surface area contributed by atoms with Crippen molar-refractivity contribution in [2.24, 2.45) is 0 Å². The van der Waals surface area contributed by atoms with Crippen LogP contribution in [0.2, 0.25) is 0 Å². The molecular formula is C15H18N2O2S. The first kappa shape index (κ1) is 14.4. The van der Waals surface area contributed by atoms with Crippen LogP contribution in [0.15, 0.2) is 41.3 Å². The maximum atomic E-state index is 12.5. The highest BCUT2D eigenvalue weighted by molar-refractivity contribution is 7.92. The second-order valence-electron chi connectivity index (χ2n) is 4.92. The van der Waals surface area contributed by atoms with Crippen molar-refractivity contribution in [3.05, 3.63) is 53.1 Å². The lowest BCUT2D eigenvalue weighted by Gasteiger charge is -2.14. The van der Waals surface area contributed by atoms with Crippen LogP contribution in [0.1, 0.15) is 16.7 Å². The fourth-order valence-electron chi connectivity index (χ4n) is 2.38. The SMILES string of the molecule is Cc1cc(C)c(S(=O)(=O)Nc2ccccc2N)c(C)c1. The van der Waals surface area contributed by atoms with E-state index in [2.05, 4.69) is 4.72 Å². The van der Waals surface area contributed by atoms with Crippen molar-refractivity contribution in [3.8, 4) is 0 Å². The summed E-state index contributed by atoms with van der Waals surface area (Å²) in [6, 6.07) is 10.5. The number of benzene rings is 2. The summed E-state index contributed by atoms with van der Waals surface area (Å²) in [7, 11) is -3.64. The summed E-state index contributed by atoms with van der Waals surface area (Å²) in [4.78, 5) is 0.311. The zero-order valence-corrected chi connectivity index (χ0v) is 12.6. The number of hydrogen-bond acceptors (Lipinski definition) is 3. The number of hydrogen-bond donors (Lipinski definition) is 2. The van der Waals surface area contributed by atoms with E-state index in [0.717, 1.165) is 16.7 Å². The molecule has 106 valence electrons. The molecule has 3 N–H and O–H groups in total. The smallest absolute Gasteiger partial charge is 0.262 e. The van der Waals surface area contributed by atoms with Crippen molar-refractivity contribution in [3.63, 3.8) is 0 Å². The molecule has 2 rings (SSSR count). The lowest BCUT2D eigenvalue weighted by molar-refractivity contribution is 0.600. The molecule has 0 aromatic heterocycles. The molecule has 0 fully saturated rings. The van der Waals surface area contributed by atoms with Gasteiger partial charge in [-0.25, -0.2) is 8.42 Å². The van der Waals surface area contributed by atoms with E-state index in [4.69, 9.17) is 5.73 Å². The van der Waals surface area contributed by atoms with Crippen LogP contribution in [0.25, 0.3) is 0 Å². The second kappa shape index (κ2) is 5.17. The van der Waals surface area contributed by atoms with E-state index in [1.54, 1.807) is 38.1 Å². The molecule has 0 aliphatic rings. The average molecular weight is 290 g/mol. The fraction of sp³-hybridized carbons (Fsp3) is 0.200. The molecule has 0 bridgehead atoms. The van der Waals surface area contributed by atoms with E-state index in [0.29, 0.717) is 16.3 Å². The second-order valence-corrected chi connectivity index (χ2v) is 6.54. The van der Waals surface area contributed by atoms with Crippen molar-refractivity contribution in [2.75, 3.05) is 10.5 Å². The Balaban J connectivity index is 2.50. The Bertz CT molecular complexity index is 729. The average Bonchev–Trinajstić information content (AvgIpc) is 2.30. The van der Waals surface area contributed by atoms with Crippen molar-refractivity contribution in [2.45, 2.75) is 25.7 Å². The molecular weight excluding hydrogens is 272 g/mol. The molecule has 4 nitrogen and oxygen atoms in total. The largest absolute Gasteiger partial charge is 0.397 e. The number of nitrogen functional groups attached to an aromatic ring is 1. The highest BCUT2D eigenvalue weighted by Gasteiger charge is 2.20. The Labute approximate surface area is 119 Å². The molecule has 5 heteroatoms. The summed E-state index contributed by atoms with van der Waals surface area (Å²) < 4.78 is 27.6. The molecule has 0 spiro atoms. The topological polar surface area (TPSA) is 72.2 Å². The maximum Gasteiger partial charge on any atom is 0.262 e. The molecule has 0 unspecified atom stereocenters. The first-order valence-electron chi connectivity index (χ1n) is 6.26. The van der Waals surface area contributed by atoms with Crippen molar-refractivity contribution in [1.29, 1.82) is 0 Å². The van der Waals surface area contributed by atoms with Crippen LogP contribution in [0.4, 0.5) is 11.4 Å². The summed E-state index contributed by atoms with van der Waals surface area (Å²) >= 11 is 0. The molecule has 0 saturated heterocycles. The molecule has 0 atom stereocenters. The third kappa shape index (κ3) is 2.77. The molecule has 2 aromatic rings. The maximum absolute atomic E-state index is 12.5. The Morgan fingerprint density at radius 1 is 1.00 bits per heavy atom.